The fourth-order valence-corrected chi connectivity index (χ4v) is 7.51. The molecule has 0 N–H and O–H groups in total. The van der Waals surface area contributed by atoms with E-state index in [0.29, 0.717) is 36.9 Å². The largest absolute Gasteiger partial charge is 0.373 e. The Morgan fingerprint density at radius 1 is 1.24 bits per heavy atom. The zero-order valence-electron chi connectivity index (χ0n) is 14.2. The molecular formula is C21H22N2O2. The number of para-hydroxylation sites is 1. The highest BCUT2D eigenvalue weighted by Crippen LogP contribution is 2.65. The van der Waals surface area contributed by atoms with Crippen LogP contribution in [0.4, 0.5) is 5.69 Å². The van der Waals surface area contributed by atoms with Gasteiger partial charge in [-0.3, -0.25) is 9.69 Å². The van der Waals surface area contributed by atoms with Crippen molar-refractivity contribution >= 4 is 11.6 Å². The summed E-state index contributed by atoms with van der Waals surface area (Å²) in [7, 11) is 0. The normalized spacial score (nSPS) is 45.9. The van der Waals surface area contributed by atoms with Gasteiger partial charge in [-0.1, -0.05) is 29.8 Å². The molecule has 25 heavy (non-hydrogen) atoms. The fraction of sp³-hybridized carbons (Fsp3) is 0.571. The predicted molar refractivity (Wildman–Crippen MR) is 93.4 cm³/mol. The highest BCUT2D eigenvalue weighted by Gasteiger charge is 2.70. The molecule has 1 aromatic rings. The molecule has 1 spiro atoms. The lowest BCUT2D eigenvalue weighted by Crippen LogP contribution is -2.69. The summed E-state index contributed by atoms with van der Waals surface area (Å²) >= 11 is 0. The number of hydrogen-bond donors (Lipinski definition) is 0. The third-order valence-electron chi connectivity index (χ3n) is 8.22. The van der Waals surface area contributed by atoms with Crippen LogP contribution in [0.2, 0.25) is 0 Å². The summed E-state index contributed by atoms with van der Waals surface area (Å²) in [6, 6.07) is 9.64. The van der Waals surface area contributed by atoms with Crippen molar-refractivity contribution in [3.63, 3.8) is 0 Å². The molecule has 0 aromatic heterocycles. The van der Waals surface area contributed by atoms with Gasteiger partial charge in [-0.25, -0.2) is 0 Å². The topological polar surface area (TPSA) is 32.8 Å². The number of piperidine rings is 2. The second-order valence-electron chi connectivity index (χ2n) is 8.78. The van der Waals surface area contributed by atoms with E-state index in [-0.39, 0.29) is 17.4 Å². The second kappa shape index (κ2) is 4.18. The molecule has 7 rings (SSSR count). The van der Waals surface area contributed by atoms with Crippen LogP contribution in [0.1, 0.15) is 24.8 Å². The summed E-state index contributed by atoms with van der Waals surface area (Å²) in [5, 5.41) is 0. The molecule has 128 valence electrons. The molecule has 4 fully saturated rings. The molecule has 4 heteroatoms. The molecule has 1 aliphatic carbocycles. The number of ether oxygens (including phenoxy) is 1. The first kappa shape index (κ1) is 13.5. The fourth-order valence-electron chi connectivity index (χ4n) is 7.51. The van der Waals surface area contributed by atoms with Crippen LogP contribution in [0.5, 0.6) is 0 Å². The van der Waals surface area contributed by atoms with Gasteiger partial charge < -0.3 is 9.64 Å². The van der Waals surface area contributed by atoms with Gasteiger partial charge in [0.1, 0.15) is 0 Å². The van der Waals surface area contributed by atoms with E-state index in [1.807, 2.05) is 0 Å². The number of carbonyl (C=O) groups is 1. The molecule has 2 bridgehead atoms. The van der Waals surface area contributed by atoms with Gasteiger partial charge in [0.2, 0.25) is 5.91 Å². The zero-order chi connectivity index (χ0) is 16.3. The average Bonchev–Trinajstić information content (AvgIpc) is 3.10. The van der Waals surface area contributed by atoms with E-state index in [1.54, 1.807) is 5.57 Å². The highest BCUT2D eigenvalue weighted by molar-refractivity contribution is 5.99. The molecule has 6 atom stereocenters. The number of anilines is 1. The summed E-state index contributed by atoms with van der Waals surface area (Å²) in [6.07, 6.45) is 5.43. The van der Waals surface area contributed by atoms with E-state index in [1.165, 1.54) is 30.6 Å². The molecule has 3 saturated heterocycles. The van der Waals surface area contributed by atoms with Gasteiger partial charge in [-0.15, -0.1) is 0 Å². The first-order chi connectivity index (χ1) is 12.3. The van der Waals surface area contributed by atoms with E-state index in [0.717, 1.165) is 6.54 Å². The van der Waals surface area contributed by atoms with Gasteiger partial charge in [0.05, 0.1) is 25.2 Å². The maximum Gasteiger partial charge on any atom is 0.229 e. The first-order valence-corrected chi connectivity index (χ1v) is 9.75. The maximum atomic E-state index is 13.2. The second-order valence-corrected chi connectivity index (χ2v) is 8.78. The third-order valence-corrected chi connectivity index (χ3v) is 8.22. The Labute approximate surface area is 147 Å². The van der Waals surface area contributed by atoms with Crippen LogP contribution >= 0.6 is 0 Å². The third kappa shape index (κ3) is 1.33. The number of rotatable bonds is 0. The van der Waals surface area contributed by atoms with Gasteiger partial charge in [-0.2, -0.15) is 0 Å². The summed E-state index contributed by atoms with van der Waals surface area (Å²) in [4.78, 5) is 18.1. The van der Waals surface area contributed by atoms with Crippen LogP contribution in [-0.2, 0) is 14.9 Å². The van der Waals surface area contributed by atoms with E-state index in [9.17, 15) is 4.79 Å². The standard InChI is InChI=1S/C21H22N2O2/c24-18-10-16-19-13-9-17-21(6-7-22(17)11-12(13)5-8-25-16)14-3-1-2-4-15(14)23(18)20(19)21/h1-5,13,16-17,19-20H,6-11H2/t13?,16-,17?,19-,20-,21+/m0/s1. The van der Waals surface area contributed by atoms with Gasteiger partial charge in [0.25, 0.3) is 0 Å². The smallest absolute Gasteiger partial charge is 0.229 e. The van der Waals surface area contributed by atoms with Crippen molar-refractivity contribution in [3.05, 3.63) is 41.5 Å². The summed E-state index contributed by atoms with van der Waals surface area (Å²) in [5.41, 5.74) is 4.35. The lowest BCUT2D eigenvalue weighted by molar-refractivity contribution is -0.132. The quantitative estimate of drug-likeness (QED) is 0.681. The monoisotopic (exact) mass is 334 g/mol. The van der Waals surface area contributed by atoms with Crippen LogP contribution in [0.25, 0.3) is 0 Å². The Balaban J connectivity index is 1.55. The van der Waals surface area contributed by atoms with Crippen LogP contribution in [0.15, 0.2) is 35.9 Å². The summed E-state index contributed by atoms with van der Waals surface area (Å²) < 4.78 is 6.25. The molecule has 5 heterocycles. The molecule has 2 unspecified atom stereocenters. The minimum absolute atomic E-state index is 0.104. The molecule has 6 aliphatic rings. The van der Waals surface area contributed by atoms with Crippen molar-refractivity contribution in [2.45, 2.75) is 42.9 Å². The number of carbonyl (C=O) groups excluding carboxylic acids is 1. The number of fused-ring (bicyclic) bond motifs is 2. The van der Waals surface area contributed by atoms with E-state index >= 15 is 0 Å². The molecule has 5 aliphatic heterocycles. The van der Waals surface area contributed by atoms with Crippen molar-refractivity contribution in [1.29, 1.82) is 0 Å². The maximum absolute atomic E-state index is 13.2. The molecule has 1 amide bonds. The van der Waals surface area contributed by atoms with E-state index in [4.69, 9.17) is 4.74 Å². The van der Waals surface area contributed by atoms with Gasteiger partial charge >= 0.3 is 0 Å². The minimum Gasteiger partial charge on any atom is -0.373 e. The zero-order valence-corrected chi connectivity index (χ0v) is 14.2. The van der Waals surface area contributed by atoms with Gasteiger partial charge in [0, 0.05) is 29.6 Å². The van der Waals surface area contributed by atoms with Crippen LogP contribution in [0, 0.1) is 11.8 Å². The Hall–Kier alpha value is -1.65. The summed E-state index contributed by atoms with van der Waals surface area (Å²) in [6.45, 7) is 2.97. The molecular weight excluding hydrogens is 312 g/mol. The average molecular weight is 334 g/mol. The molecule has 1 saturated carbocycles. The van der Waals surface area contributed by atoms with Crippen molar-refractivity contribution in [3.8, 4) is 0 Å². The Bertz CT molecular complexity index is 848. The first-order valence-electron chi connectivity index (χ1n) is 9.75. The van der Waals surface area contributed by atoms with E-state index in [2.05, 4.69) is 40.1 Å². The van der Waals surface area contributed by atoms with E-state index < -0.39 is 0 Å². The number of nitrogens with zero attached hydrogens (tertiary/aromatic N) is 2. The molecule has 0 radical (unpaired) electrons. The molecule has 4 nitrogen and oxygen atoms in total. The Kier molecular flexibility index (Phi) is 2.27. The number of amides is 1. The van der Waals surface area contributed by atoms with Gasteiger partial charge in [0.15, 0.2) is 0 Å². The SMILES string of the molecule is O=C1C[C@@H]2OCC=C3CN4CC[C@]56c7ccccc7N1[C@H]5[C@H]2C3CC46. The van der Waals surface area contributed by atoms with Crippen molar-refractivity contribution in [2.24, 2.45) is 11.8 Å². The lowest BCUT2D eigenvalue weighted by Gasteiger charge is -2.58. The van der Waals surface area contributed by atoms with Gasteiger partial charge in [-0.05, 0) is 36.9 Å². The lowest BCUT2D eigenvalue weighted by atomic mass is 9.53. The minimum atomic E-state index is 0.104. The van der Waals surface area contributed by atoms with Crippen molar-refractivity contribution in [1.82, 2.24) is 4.90 Å². The van der Waals surface area contributed by atoms with Crippen LogP contribution < -0.4 is 4.90 Å². The number of benzene rings is 1. The van der Waals surface area contributed by atoms with Crippen LogP contribution in [-0.4, -0.2) is 48.7 Å². The van der Waals surface area contributed by atoms with Crippen molar-refractivity contribution < 1.29 is 9.53 Å². The number of hydrogen-bond acceptors (Lipinski definition) is 3. The Morgan fingerprint density at radius 2 is 2.16 bits per heavy atom. The van der Waals surface area contributed by atoms with Crippen LogP contribution in [0.3, 0.4) is 0 Å². The predicted octanol–water partition coefficient (Wildman–Crippen LogP) is 2.09. The Morgan fingerprint density at radius 3 is 3.12 bits per heavy atom. The van der Waals surface area contributed by atoms with Crippen molar-refractivity contribution in [2.75, 3.05) is 24.6 Å². The molecule has 1 aromatic carbocycles. The summed E-state index contributed by atoms with van der Waals surface area (Å²) in [5.74, 6) is 1.35. The highest BCUT2D eigenvalue weighted by atomic mass is 16.5.